The van der Waals surface area contributed by atoms with Gasteiger partial charge in [-0.25, -0.2) is 0 Å². The van der Waals surface area contributed by atoms with E-state index in [1.54, 1.807) is 12.1 Å². The highest BCUT2D eigenvalue weighted by molar-refractivity contribution is 5.59. The molecule has 86 valence electrons. The Balaban J connectivity index is 2.31. The first-order chi connectivity index (χ1) is 7.59. The van der Waals surface area contributed by atoms with Gasteiger partial charge in [-0.15, -0.1) is 0 Å². The zero-order valence-electron chi connectivity index (χ0n) is 9.04. The summed E-state index contributed by atoms with van der Waals surface area (Å²) in [6.07, 6.45) is 1.43. The number of nitro groups is 1. The Morgan fingerprint density at radius 2 is 2.38 bits per heavy atom. The number of nitrogens with two attached hydrogens (primary N) is 1. The first kappa shape index (κ1) is 10.8. The molecule has 1 fully saturated rings. The fraction of sp³-hybridized carbons (Fsp3) is 0.500. The maximum absolute atomic E-state index is 10.8. The van der Waals surface area contributed by atoms with Gasteiger partial charge >= 0.3 is 5.82 Å². The van der Waals surface area contributed by atoms with Crippen LogP contribution in [0.1, 0.15) is 6.92 Å². The standard InChI is InChI=1S/C10H14N4O2/c1-7-5-13(6-8(7)11)9-3-2-4-12-10(9)14(15)16/h2-4,7-8H,5-6,11H2,1H3. The first-order valence-corrected chi connectivity index (χ1v) is 5.19. The second-order valence-corrected chi connectivity index (χ2v) is 4.15. The molecule has 1 saturated heterocycles. The molecule has 1 aliphatic rings. The van der Waals surface area contributed by atoms with Crippen molar-refractivity contribution in [1.82, 2.24) is 4.98 Å². The molecule has 0 saturated carbocycles. The van der Waals surface area contributed by atoms with E-state index >= 15 is 0 Å². The quantitative estimate of drug-likeness (QED) is 0.590. The third kappa shape index (κ3) is 1.83. The highest BCUT2D eigenvalue weighted by Gasteiger charge is 2.30. The molecule has 0 aromatic carbocycles. The molecule has 16 heavy (non-hydrogen) atoms. The Labute approximate surface area is 93.2 Å². The highest BCUT2D eigenvalue weighted by Crippen LogP contribution is 2.29. The molecule has 1 aromatic rings. The van der Waals surface area contributed by atoms with E-state index in [-0.39, 0.29) is 11.9 Å². The number of aromatic nitrogens is 1. The Bertz CT molecular complexity index is 400. The van der Waals surface area contributed by atoms with Crippen molar-refractivity contribution >= 4 is 11.5 Å². The molecule has 1 aliphatic heterocycles. The van der Waals surface area contributed by atoms with Crippen LogP contribution < -0.4 is 10.6 Å². The van der Waals surface area contributed by atoms with E-state index in [1.165, 1.54) is 6.20 Å². The summed E-state index contributed by atoms with van der Waals surface area (Å²) >= 11 is 0. The predicted molar refractivity (Wildman–Crippen MR) is 60.2 cm³/mol. The van der Waals surface area contributed by atoms with Crippen LogP contribution in [0.5, 0.6) is 0 Å². The van der Waals surface area contributed by atoms with Crippen LogP contribution in [-0.2, 0) is 0 Å². The van der Waals surface area contributed by atoms with Crippen LogP contribution in [0.2, 0.25) is 0 Å². The average molecular weight is 222 g/mol. The average Bonchev–Trinajstić information content (AvgIpc) is 2.59. The van der Waals surface area contributed by atoms with Gasteiger partial charge in [0.2, 0.25) is 0 Å². The number of hydrogen-bond donors (Lipinski definition) is 1. The van der Waals surface area contributed by atoms with Crippen molar-refractivity contribution in [1.29, 1.82) is 0 Å². The summed E-state index contributed by atoms with van der Waals surface area (Å²) in [7, 11) is 0. The van der Waals surface area contributed by atoms with Crippen LogP contribution in [0.4, 0.5) is 11.5 Å². The SMILES string of the molecule is CC1CN(c2cccnc2[N+](=O)[O-])CC1N. The van der Waals surface area contributed by atoms with Crippen molar-refractivity contribution in [2.24, 2.45) is 11.7 Å². The van der Waals surface area contributed by atoms with Gasteiger partial charge in [0.25, 0.3) is 0 Å². The molecule has 2 heterocycles. The molecule has 2 N–H and O–H groups in total. The van der Waals surface area contributed by atoms with Crippen molar-refractivity contribution in [3.05, 3.63) is 28.4 Å². The van der Waals surface area contributed by atoms with Gasteiger partial charge in [-0.1, -0.05) is 6.92 Å². The van der Waals surface area contributed by atoms with Crippen LogP contribution in [0.15, 0.2) is 18.3 Å². The van der Waals surface area contributed by atoms with Crippen molar-refractivity contribution in [2.45, 2.75) is 13.0 Å². The summed E-state index contributed by atoms with van der Waals surface area (Å²) in [4.78, 5) is 16.1. The van der Waals surface area contributed by atoms with E-state index in [9.17, 15) is 10.1 Å². The Morgan fingerprint density at radius 1 is 1.62 bits per heavy atom. The lowest BCUT2D eigenvalue weighted by Crippen LogP contribution is -2.28. The first-order valence-electron chi connectivity index (χ1n) is 5.19. The van der Waals surface area contributed by atoms with Crippen LogP contribution >= 0.6 is 0 Å². The van der Waals surface area contributed by atoms with Gasteiger partial charge in [0.1, 0.15) is 11.9 Å². The van der Waals surface area contributed by atoms with Crippen LogP contribution in [0, 0.1) is 16.0 Å². The van der Waals surface area contributed by atoms with E-state index in [4.69, 9.17) is 5.73 Å². The Kier molecular flexibility index (Phi) is 2.74. The second-order valence-electron chi connectivity index (χ2n) is 4.15. The van der Waals surface area contributed by atoms with Gasteiger partial charge in [-0.2, -0.15) is 0 Å². The molecule has 2 unspecified atom stereocenters. The van der Waals surface area contributed by atoms with Gasteiger partial charge in [0.05, 0.1) is 0 Å². The molecular formula is C10H14N4O2. The Morgan fingerprint density at radius 3 is 2.94 bits per heavy atom. The van der Waals surface area contributed by atoms with E-state index in [2.05, 4.69) is 4.98 Å². The van der Waals surface area contributed by atoms with Crippen LogP contribution in [0.25, 0.3) is 0 Å². The van der Waals surface area contributed by atoms with Gasteiger partial charge in [-0.05, 0) is 28.0 Å². The van der Waals surface area contributed by atoms with Gasteiger partial charge in [0.15, 0.2) is 0 Å². The molecule has 0 spiro atoms. The summed E-state index contributed by atoms with van der Waals surface area (Å²) in [6.45, 7) is 3.44. The lowest BCUT2D eigenvalue weighted by molar-refractivity contribution is -0.388. The van der Waals surface area contributed by atoms with Crippen molar-refractivity contribution in [2.75, 3.05) is 18.0 Å². The summed E-state index contributed by atoms with van der Waals surface area (Å²) in [5, 5.41) is 10.8. The van der Waals surface area contributed by atoms with E-state index in [1.807, 2.05) is 11.8 Å². The zero-order valence-corrected chi connectivity index (χ0v) is 9.04. The molecule has 6 heteroatoms. The van der Waals surface area contributed by atoms with Crippen molar-refractivity contribution < 1.29 is 4.92 Å². The van der Waals surface area contributed by atoms with Crippen LogP contribution in [0.3, 0.4) is 0 Å². The Hall–Kier alpha value is -1.69. The monoisotopic (exact) mass is 222 g/mol. The summed E-state index contributed by atoms with van der Waals surface area (Å²) in [5.41, 5.74) is 6.46. The van der Waals surface area contributed by atoms with E-state index < -0.39 is 4.92 Å². The molecule has 0 bridgehead atoms. The third-order valence-corrected chi connectivity index (χ3v) is 2.95. The fourth-order valence-electron chi connectivity index (χ4n) is 1.96. The lowest BCUT2D eigenvalue weighted by atomic mass is 10.1. The smallest absolute Gasteiger partial charge is 0.363 e. The van der Waals surface area contributed by atoms with E-state index in [0.29, 0.717) is 18.2 Å². The second kappa shape index (κ2) is 4.05. The molecule has 0 amide bonds. The fourth-order valence-corrected chi connectivity index (χ4v) is 1.96. The van der Waals surface area contributed by atoms with Crippen molar-refractivity contribution in [3.63, 3.8) is 0 Å². The van der Waals surface area contributed by atoms with Crippen LogP contribution in [-0.4, -0.2) is 29.0 Å². The summed E-state index contributed by atoms with van der Waals surface area (Å²) < 4.78 is 0. The normalized spacial score (nSPS) is 24.8. The molecule has 2 rings (SSSR count). The minimum Gasteiger partial charge on any atom is -0.363 e. The zero-order chi connectivity index (χ0) is 11.7. The number of nitrogens with zero attached hydrogens (tertiary/aromatic N) is 3. The van der Waals surface area contributed by atoms with Gasteiger partial charge in [-0.3, -0.25) is 0 Å². The molecule has 2 atom stereocenters. The third-order valence-electron chi connectivity index (χ3n) is 2.95. The van der Waals surface area contributed by atoms with E-state index in [0.717, 1.165) is 6.54 Å². The molecule has 6 nitrogen and oxygen atoms in total. The minimum absolute atomic E-state index is 0.0693. The minimum atomic E-state index is -0.455. The number of pyridine rings is 1. The number of rotatable bonds is 2. The number of hydrogen-bond acceptors (Lipinski definition) is 5. The molecule has 0 aliphatic carbocycles. The lowest BCUT2D eigenvalue weighted by Gasteiger charge is -2.16. The number of anilines is 1. The molecule has 1 aromatic heterocycles. The predicted octanol–water partition coefficient (Wildman–Crippen LogP) is 0.773. The topological polar surface area (TPSA) is 85.3 Å². The summed E-state index contributed by atoms with van der Waals surface area (Å²) in [5.74, 6) is 0.253. The van der Waals surface area contributed by atoms with Crippen molar-refractivity contribution in [3.8, 4) is 0 Å². The molecular weight excluding hydrogens is 208 g/mol. The largest absolute Gasteiger partial charge is 0.387 e. The van der Waals surface area contributed by atoms with Gasteiger partial charge in [0, 0.05) is 19.1 Å². The maximum atomic E-state index is 10.8. The summed E-state index contributed by atoms with van der Waals surface area (Å²) in [6, 6.07) is 3.49. The highest BCUT2D eigenvalue weighted by atomic mass is 16.6. The molecule has 0 radical (unpaired) electrons. The van der Waals surface area contributed by atoms with Gasteiger partial charge < -0.3 is 20.7 Å². The maximum Gasteiger partial charge on any atom is 0.387 e.